The van der Waals surface area contributed by atoms with Crippen molar-refractivity contribution in [1.82, 2.24) is 14.8 Å². The van der Waals surface area contributed by atoms with Crippen LogP contribution < -0.4 is 5.32 Å². The van der Waals surface area contributed by atoms with Gasteiger partial charge in [0.25, 0.3) is 5.91 Å². The highest BCUT2D eigenvalue weighted by Crippen LogP contribution is 2.27. The largest absolute Gasteiger partial charge is 0.467 e. The van der Waals surface area contributed by atoms with Crippen molar-refractivity contribution in [1.29, 1.82) is 0 Å². The Kier molecular flexibility index (Phi) is 5.86. The zero-order valence-corrected chi connectivity index (χ0v) is 18.4. The van der Waals surface area contributed by atoms with Crippen LogP contribution in [0.1, 0.15) is 47.3 Å². The summed E-state index contributed by atoms with van der Waals surface area (Å²) in [6.45, 7) is 6.31. The van der Waals surface area contributed by atoms with E-state index in [-0.39, 0.29) is 5.91 Å². The van der Waals surface area contributed by atoms with E-state index in [1.807, 2.05) is 41.0 Å². The van der Waals surface area contributed by atoms with Crippen molar-refractivity contribution in [2.45, 2.75) is 39.4 Å². The topological polar surface area (TPSA) is 63.6 Å². The summed E-state index contributed by atoms with van der Waals surface area (Å²) in [5.74, 6) is 2.34. The lowest BCUT2D eigenvalue weighted by atomic mass is 9.99. The fourth-order valence-corrected chi connectivity index (χ4v) is 4.41. The number of hydrogen-bond donors (Lipinski definition) is 1. The number of hydrogen-bond acceptors (Lipinski definition) is 4. The Morgan fingerprint density at radius 2 is 1.84 bits per heavy atom. The monoisotopic (exact) mass is 431 g/mol. The van der Waals surface area contributed by atoms with Crippen LogP contribution >= 0.6 is 0 Å². The number of carbonyl (C=O) groups is 1. The molecule has 1 aliphatic heterocycles. The first-order chi connectivity index (χ1) is 15.7. The summed E-state index contributed by atoms with van der Waals surface area (Å²) in [5, 5.41) is 2.96. The Hall–Kier alpha value is -3.25. The fraction of sp³-hybridized carbons (Fsp3) is 0.346. The molecule has 1 saturated heterocycles. The molecular weight excluding hydrogens is 402 g/mol. The van der Waals surface area contributed by atoms with Gasteiger partial charge in [-0.1, -0.05) is 37.3 Å². The van der Waals surface area contributed by atoms with Gasteiger partial charge in [0.05, 0.1) is 24.9 Å². The highest BCUT2D eigenvalue weighted by atomic mass is 16.3. The third-order valence-corrected chi connectivity index (χ3v) is 6.32. The summed E-state index contributed by atoms with van der Waals surface area (Å²) in [5.41, 5.74) is 3.44. The number of nitrogens with zero attached hydrogens (tertiary/aromatic N) is 2. The smallest absolute Gasteiger partial charge is 0.268 e. The van der Waals surface area contributed by atoms with Crippen molar-refractivity contribution < 1.29 is 13.6 Å². The van der Waals surface area contributed by atoms with Crippen molar-refractivity contribution in [2.75, 3.05) is 13.1 Å². The van der Waals surface area contributed by atoms with E-state index in [0.717, 1.165) is 53.7 Å². The second-order valence-corrected chi connectivity index (χ2v) is 8.78. The average molecular weight is 432 g/mol. The molecule has 0 aliphatic carbocycles. The molecule has 5 rings (SSSR count). The Morgan fingerprint density at radius 1 is 1.03 bits per heavy atom. The van der Waals surface area contributed by atoms with E-state index in [2.05, 4.69) is 35.3 Å². The molecule has 3 aromatic heterocycles. The van der Waals surface area contributed by atoms with Crippen LogP contribution in [0.15, 0.2) is 69.7 Å². The Balaban J connectivity index is 1.41. The molecule has 0 saturated carbocycles. The molecule has 4 aromatic rings. The maximum atomic E-state index is 13.0. The van der Waals surface area contributed by atoms with Gasteiger partial charge in [-0.25, -0.2) is 0 Å². The molecule has 1 fully saturated rings. The average Bonchev–Trinajstić information content (AvgIpc) is 3.53. The van der Waals surface area contributed by atoms with Gasteiger partial charge in [-0.05, 0) is 49.5 Å². The summed E-state index contributed by atoms with van der Waals surface area (Å²) in [7, 11) is 0. The van der Waals surface area contributed by atoms with Gasteiger partial charge in [0.2, 0.25) is 0 Å². The molecule has 0 unspecified atom stereocenters. The Bertz CT molecular complexity index is 1170. The van der Waals surface area contributed by atoms with Gasteiger partial charge in [0.1, 0.15) is 17.2 Å². The number of piperidine rings is 1. The van der Waals surface area contributed by atoms with Crippen LogP contribution in [-0.2, 0) is 19.6 Å². The first-order valence-corrected chi connectivity index (χ1v) is 11.3. The van der Waals surface area contributed by atoms with E-state index in [4.69, 9.17) is 8.83 Å². The van der Waals surface area contributed by atoms with Crippen LogP contribution in [0.25, 0.3) is 11.1 Å². The predicted molar refractivity (Wildman–Crippen MR) is 123 cm³/mol. The van der Waals surface area contributed by atoms with E-state index in [9.17, 15) is 4.79 Å². The summed E-state index contributed by atoms with van der Waals surface area (Å²) in [4.78, 5) is 15.5. The van der Waals surface area contributed by atoms with Crippen LogP contribution in [0.4, 0.5) is 0 Å². The van der Waals surface area contributed by atoms with Gasteiger partial charge < -0.3 is 18.7 Å². The highest BCUT2D eigenvalue weighted by molar-refractivity contribution is 5.97. The first-order valence-electron chi connectivity index (χ1n) is 11.3. The van der Waals surface area contributed by atoms with E-state index >= 15 is 0 Å². The molecule has 32 heavy (non-hydrogen) atoms. The van der Waals surface area contributed by atoms with Crippen LogP contribution in [0.5, 0.6) is 0 Å². The molecule has 4 heterocycles. The standard InChI is InChI=1S/C26H29N3O3/c1-19-9-11-28(12-10-19)18-22-14-23-25(32-22)15-24(26(30)27-16-21-8-5-13-31-21)29(23)17-20-6-3-2-4-7-20/h2-8,13-15,19H,9-12,16-18H2,1H3,(H,27,30). The second kappa shape index (κ2) is 9.09. The minimum atomic E-state index is -0.143. The van der Waals surface area contributed by atoms with Gasteiger partial charge in [-0.3, -0.25) is 9.69 Å². The predicted octanol–water partition coefficient (Wildman–Crippen LogP) is 5.04. The lowest BCUT2D eigenvalue weighted by Gasteiger charge is -2.29. The van der Waals surface area contributed by atoms with Crippen molar-refractivity contribution in [3.8, 4) is 0 Å². The van der Waals surface area contributed by atoms with Crippen molar-refractivity contribution in [3.05, 3.63) is 83.6 Å². The molecule has 0 atom stereocenters. The number of aromatic nitrogens is 1. The van der Waals surface area contributed by atoms with E-state index < -0.39 is 0 Å². The first kappa shape index (κ1) is 20.6. The Morgan fingerprint density at radius 3 is 2.59 bits per heavy atom. The summed E-state index contributed by atoms with van der Waals surface area (Å²) < 4.78 is 13.6. The molecule has 6 nitrogen and oxygen atoms in total. The van der Waals surface area contributed by atoms with Gasteiger partial charge in [0.15, 0.2) is 5.58 Å². The van der Waals surface area contributed by atoms with E-state index in [0.29, 0.717) is 18.8 Å². The van der Waals surface area contributed by atoms with Crippen molar-refractivity contribution >= 4 is 17.0 Å². The number of amides is 1. The summed E-state index contributed by atoms with van der Waals surface area (Å²) in [6, 6.07) is 17.8. The lowest BCUT2D eigenvalue weighted by molar-refractivity contribution is 0.0939. The third-order valence-electron chi connectivity index (χ3n) is 6.32. The number of likely N-dealkylation sites (tertiary alicyclic amines) is 1. The number of rotatable bonds is 7. The third kappa shape index (κ3) is 4.50. The number of furan rings is 2. The SMILES string of the molecule is CC1CCN(Cc2cc3c(cc(C(=O)NCc4ccco4)n3Cc3ccccc3)o2)CC1. The molecule has 1 aliphatic rings. The van der Waals surface area contributed by atoms with Gasteiger partial charge in [-0.2, -0.15) is 0 Å². The molecule has 0 bridgehead atoms. The molecule has 1 aromatic carbocycles. The van der Waals surface area contributed by atoms with Crippen LogP contribution in [0.3, 0.4) is 0 Å². The van der Waals surface area contributed by atoms with Crippen LogP contribution in [0.2, 0.25) is 0 Å². The minimum Gasteiger partial charge on any atom is -0.467 e. The van der Waals surface area contributed by atoms with E-state index in [1.54, 1.807) is 6.26 Å². The number of fused-ring (bicyclic) bond motifs is 1. The zero-order chi connectivity index (χ0) is 21.9. The van der Waals surface area contributed by atoms with Crippen LogP contribution in [-0.4, -0.2) is 28.5 Å². The Labute approximate surface area is 187 Å². The molecular formula is C26H29N3O3. The molecule has 0 radical (unpaired) electrons. The second-order valence-electron chi connectivity index (χ2n) is 8.78. The molecule has 0 spiro atoms. The van der Waals surface area contributed by atoms with E-state index in [1.165, 1.54) is 12.8 Å². The van der Waals surface area contributed by atoms with Gasteiger partial charge in [0, 0.05) is 18.7 Å². The quantitative estimate of drug-likeness (QED) is 0.445. The maximum absolute atomic E-state index is 13.0. The van der Waals surface area contributed by atoms with Gasteiger partial charge >= 0.3 is 0 Å². The molecule has 1 N–H and O–H groups in total. The number of carbonyl (C=O) groups excluding carboxylic acids is 1. The summed E-state index contributed by atoms with van der Waals surface area (Å²) in [6.07, 6.45) is 4.08. The molecule has 6 heteroatoms. The normalized spacial score (nSPS) is 15.4. The number of benzene rings is 1. The molecule has 166 valence electrons. The van der Waals surface area contributed by atoms with Crippen molar-refractivity contribution in [3.63, 3.8) is 0 Å². The number of nitrogens with one attached hydrogen (secondary N) is 1. The van der Waals surface area contributed by atoms with Crippen LogP contribution in [0, 0.1) is 5.92 Å². The zero-order valence-electron chi connectivity index (χ0n) is 18.4. The minimum absolute atomic E-state index is 0.143. The van der Waals surface area contributed by atoms with Crippen molar-refractivity contribution in [2.24, 2.45) is 5.92 Å². The maximum Gasteiger partial charge on any atom is 0.268 e. The molecule has 1 amide bonds. The lowest BCUT2D eigenvalue weighted by Crippen LogP contribution is -2.32. The highest BCUT2D eigenvalue weighted by Gasteiger charge is 2.22. The fourth-order valence-electron chi connectivity index (χ4n) is 4.41. The van der Waals surface area contributed by atoms with Gasteiger partial charge in [-0.15, -0.1) is 0 Å². The summed E-state index contributed by atoms with van der Waals surface area (Å²) >= 11 is 0.